The number of rotatable bonds is 7. The first-order chi connectivity index (χ1) is 16.8. The van der Waals surface area contributed by atoms with Crippen LogP contribution in [0.4, 0.5) is 11.4 Å². The lowest BCUT2D eigenvalue weighted by atomic mass is 9.88. The third-order valence-corrected chi connectivity index (χ3v) is 8.68. The van der Waals surface area contributed by atoms with Crippen LogP contribution in [0.2, 0.25) is 0 Å². The number of carbonyl (C=O) groups excluding carboxylic acids is 2. The highest BCUT2D eigenvalue weighted by Gasteiger charge is 2.29. The number of carbonyl (C=O) groups is 2. The number of para-hydroxylation sites is 1. The van der Waals surface area contributed by atoms with Gasteiger partial charge in [-0.2, -0.15) is 0 Å². The SMILES string of the molecule is CN(c1ccccc1)S(=O)(=O)c1cccc(NC(=O)CN2CCN(C(=O)C3CCCCC3)CC2)c1. The molecule has 1 aliphatic heterocycles. The van der Waals surface area contributed by atoms with Gasteiger partial charge < -0.3 is 10.2 Å². The molecule has 8 nitrogen and oxygen atoms in total. The summed E-state index contributed by atoms with van der Waals surface area (Å²) in [5, 5.41) is 2.82. The second-order valence-electron chi connectivity index (χ2n) is 9.32. The first-order valence-electron chi connectivity index (χ1n) is 12.3. The maximum Gasteiger partial charge on any atom is 0.264 e. The number of hydrogen-bond donors (Lipinski definition) is 1. The van der Waals surface area contributed by atoms with Crippen molar-refractivity contribution in [3.8, 4) is 0 Å². The average Bonchev–Trinajstić information content (AvgIpc) is 2.89. The summed E-state index contributed by atoms with van der Waals surface area (Å²) >= 11 is 0. The quantitative estimate of drug-likeness (QED) is 0.633. The summed E-state index contributed by atoms with van der Waals surface area (Å²) in [5.74, 6) is 0.235. The summed E-state index contributed by atoms with van der Waals surface area (Å²) in [4.78, 5) is 29.5. The molecule has 1 heterocycles. The number of sulfonamides is 1. The number of amides is 2. The molecule has 0 unspecified atom stereocenters. The minimum absolute atomic E-state index is 0.108. The molecule has 9 heteroatoms. The Balaban J connectivity index is 1.30. The Morgan fingerprint density at radius 3 is 2.31 bits per heavy atom. The fraction of sp³-hybridized carbons (Fsp3) is 0.462. The fourth-order valence-electron chi connectivity index (χ4n) is 4.81. The topological polar surface area (TPSA) is 90.0 Å². The van der Waals surface area contributed by atoms with Crippen LogP contribution in [0.25, 0.3) is 0 Å². The molecule has 2 aromatic rings. The molecule has 2 aromatic carbocycles. The Labute approximate surface area is 207 Å². The van der Waals surface area contributed by atoms with E-state index >= 15 is 0 Å². The summed E-state index contributed by atoms with van der Waals surface area (Å²) in [6, 6.07) is 15.1. The predicted molar refractivity (Wildman–Crippen MR) is 137 cm³/mol. The number of benzene rings is 2. The number of hydrogen-bond acceptors (Lipinski definition) is 5. The van der Waals surface area contributed by atoms with Crippen LogP contribution in [-0.2, 0) is 19.6 Å². The van der Waals surface area contributed by atoms with Crippen molar-refractivity contribution in [3.63, 3.8) is 0 Å². The minimum Gasteiger partial charge on any atom is -0.340 e. The summed E-state index contributed by atoms with van der Waals surface area (Å²) < 4.78 is 27.3. The van der Waals surface area contributed by atoms with Crippen LogP contribution < -0.4 is 9.62 Å². The largest absolute Gasteiger partial charge is 0.340 e. The maximum atomic E-state index is 13.1. The van der Waals surface area contributed by atoms with Gasteiger partial charge in [0.15, 0.2) is 0 Å². The van der Waals surface area contributed by atoms with E-state index in [0.717, 1.165) is 25.7 Å². The van der Waals surface area contributed by atoms with Crippen molar-refractivity contribution in [2.45, 2.75) is 37.0 Å². The van der Waals surface area contributed by atoms with E-state index in [0.29, 0.717) is 37.6 Å². The Morgan fingerprint density at radius 1 is 0.943 bits per heavy atom. The molecule has 0 spiro atoms. The third-order valence-electron chi connectivity index (χ3n) is 6.90. The number of anilines is 2. The van der Waals surface area contributed by atoms with Crippen molar-refractivity contribution in [2.75, 3.05) is 49.4 Å². The maximum absolute atomic E-state index is 13.1. The number of nitrogens with one attached hydrogen (secondary N) is 1. The lowest BCUT2D eigenvalue weighted by Gasteiger charge is -2.36. The van der Waals surface area contributed by atoms with E-state index in [9.17, 15) is 18.0 Å². The first kappa shape index (κ1) is 25.2. The van der Waals surface area contributed by atoms with Crippen LogP contribution >= 0.6 is 0 Å². The molecule has 188 valence electrons. The Bertz CT molecular complexity index is 1130. The van der Waals surface area contributed by atoms with Gasteiger partial charge in [0, 0.05) is 44.8 Å². The molecule has 4 rings (SSSR count). The lowest BCUT2D eigenvalue weighted by Crippen LogP contribution is -2.52. The molecule has 0 radical (unpaired) electrons. The van der Waals surface area contributed by atoms with E-state index in [1.165, 1.54) is 29.9 Å². The molecule has 0 aromatic heterocycles. The summed E-state index contributed by atoms with van der Waals surface area (Å²) in [6.45, 7) is 2.79. The molecular formula is C26H34N4O4S. The summed E-state index contributed by atoms with van der Waals surface area (Å²) in [5.41, 5.74) is 0.992. The zero-order valence-electron chi connectivity index (χ0n) is 20.2. The van der Waals surface area contributed by atoms with Crippen molar-refractivity contribution in [2.24, 2.45) is 5.92 Å². The van der Waals surface area contributed by atoms with Crippen LogP contribution in [0.5, 0.6) is 0 Å². The van der Waals surface area contributed by atoms with Crippen LogP contribution in [0.1, 0.15) is 32.1 Å². The van der Waals surface area contributed by atoms with Crippen LogP contribution in [0, 0.1) is 5.92 Å². The van der Waals surface area contributed by atoms with Crippen LogP contribution in [-0.4, -0.2) is 69.8 Å². The van der Waals surface area contributed by atoms with Crippen molar-refractivity contribution in [1.29, 1.82) is 0 Å². The Hall–Kier alpha value is -2.91. The molecule has 1 aliphatic carbocycles. The number of nitrogens with zero attached hydrogens (tertiary/aromatic N) is 3. The Morgan fingerprint density at radius 2 is 1.63 bits per heavy atom. The van der Waals surface area contributed by atoms with Gasteiger partial charge in [0.1, 0.15) is 0 Å². The molecule has 35 heavy (non-hydrogen) atoms. The van der Waals surface area contributed by atoms with Crippen LogP contribution in [0.3, 0.4) is 0 Å². The lowest BCUT2D eigenvalue weighted by molar-refractivity contribution is -0.138. The van der Waals surface area contributed by atoms with Gasteiger partial charge in [-0.1, -0.05) is 43.5 Å². The van der Waals surface area contributed by atoms with E-state index in [1.807, 2.05) is 15.9 Å². The van der Waals surface area contributed by atoms with Gasteiger partial charge in [-0.3, -0.25) is 18.8 Å². The second kappa shape index (κ2) is 11.2. The van der Waals surface area contributed by atoms with Gasteiger partial charge in [-0.25, -0.2) is 8.42 Å². The van der Waals surface area contributed by atoms with Gasteiger partial charge >= 0.3 is 0 Å². The molecule has 0 bridgehead atoms. The van der Waals surface area contributed by atoms with Gasteiger partial charge in [0.25, 0.3) is 10.0 Å². The standard InChI is InChI=1S/C26H34N4O4S/c1-28(23-12-6-3-7-13-23)35(33,34)24-14-8-11-22(19-24)27-25(31)20-29-15-17-30(18-16-29)26(32)21-9-4-2-5-10-21/h3,6-8,11-14,19,21H,2,4-5,9-10,15-18,20H2,1H3,(H,27,31). The summed E-state index contributed by atoms with van der Waals surface area (Å²) in [6.07, 6.45) is 5.50. The van der Waals surface area contributed by atoms with E-state index < -0.39 is 10.0 Å². The fourth-order valence-corrected chi connectivity index (χ4v) is 6.05. The molecule has 2 fully saturated rings. The van der Waals surface area contributed by atoms with Crippen LogP contribution in [0.15, 0.2) is 59.5 Å². The molecule has 1 saturated heterocycles. The molecule has 1 N–H and O–H groups in total. The van der Waals surface area contributed by atoms with Gasteiger partial charge in [-0.05, 0) is 43.2 Å². The highest BCUT2D eigenvalue weighted by Crippen LogP contribution is 2.26. The minimum atomic E-state index is -3.77. The van der Waals surface area contributed by atoms with Gasteiger partial charge in [0.2, 0.25) is 11.8 Å². The number of piperazine rings is 1. The monoisotopic (exact) mass is 498 g/mol. The van der Waals surface area contributed by atoms with E-state index in [4.69, 9.17) is 0 Å². The highest BCUT2D eigenvalue weighted by molar-refractivity contribution is 7.92. The average molecular weight is 499 g/mol. The predicted octanol–water partition coefficient (Wildman–Crippen LogP) is 3.17. The summed E-state index contributed by atoms with van der Waals surface area (Å²) in [7, 11) is -2.26. The normalized spacial score (nSPS) is 17.7. The van der Waals surface area contributed by atoms with Crippen molar-refractivity contribution in [1.82, 2.24) is 9.80 Å². The molecule has 2 amide bonds. The smallest absolute Gasteiger partial charge is 0.264 e. The zero-order valence-corrected chi connectivity index (χ0v) is 21.0. The van der Waals surface area contributed by atoms with Gasteiger partial charge in [-0.15, -0.1) is 0 Å². The van der Waals surface area contributed by atoms with E-state index in [1.54, 1.807) is 36.4 Å². The third kappa shape index (κ3) is 6.21. The van der Waals surface area contributed by atoms with Crippen molar-refractivity contribution in [3.05, 3.63) is 54.6 Å². The van der Waals surface area contributed by atoms with Crippen molar-refractivity contribution < 1.29 is 18.0 Å². The zero-order chi connectivity index (χ0) is 24.8. The van der Waals surface area contributed by atoms with Crippen molar-refractivity contribution >= 4 is 33.2 Å². The molecule has 1 saturated carbocycles. The molecule has 0 atom stereocenters. The second-order valence-corrected chi connectivity index (χ2v) is 11.3. The first-order valence-corrected chi connectivity index (χ1v) is 13.7. The highest BCUT2D eigenvalue weighted by atomic mass is 32.2. The molecular weight excluding hydrogens is 464 g/mol. The Kier molecular flexibility index (Phi) is 8.07. The van der Waals surface area contributed by atoms with E-state index in [2.05, 4.69) is 5.32 Å². The molecule has 2 aliphatic rings. The van der Waals surface area contributed by atoms with Gasteiger partial charge in [0.05, 0.1) is 17.1 Å². The van der Waals surface area contributed by atoms with E-state index in [-0.39, 0.29) is 29.2 Å².